The van der Waals surface area contributed by atoms with Gasteiger partial charge in [-0.15, -0.1) is 11.3 Å². The second-order valence-corrected chi connectivity index (χ2v) is 8.77. The molecule has 2 aromatic heterocycles. The van der Waals surface area contributed by atoms with Gasteiger partial charge < -0.3 is 9.80 Å². The van der Waals surface area contributed by atoms with Crippen molar-refractivity contribution in [1.82, 2.24) is 19.6 Å². The van der Waals surface area contributed by atoms with Gasteiger partial charge in [0.25, 0.3) is 5.91 Å². The lowest BCUT2D eigenvalue weighted by Crippen LogP contribution is -2.51. The first-order chi connectivity index (χ1) is 14.5. The highest BCUT2D eigenvalue weighted by Crippen LogP contribution is 2.28. The number of nitrogens with zero attached hydrogens (tertiary/aromatic N) is 4. The largest absolute Gasteiger partial charge is 0.339 e. The van der Waals surface area contributed by atoms with E-state index in [-0.39, 0.29) is 17.7 Å². The van der Waals surface area contributed by atoms with Crippen LogP contribution in [-0.4, -0.2) is 57.6 Å². The van der Waals surface area contributed by atoms with E-state index in [4.69, 9.17) is 5.10 Å². The van der Waals surface area contributed by atoms with Crippen molar-refractivity contribution in [3.63, 3.8) is 0 Å². The van der Waals surface area contributed by atoms with Crippen molar-refractivity contribution in [2.75, 3.05) is 26.2 Å². The van der Waals surface area contributed by atoms with Gasteiger partial charge in [-0.05, 0) is 17.0 Å². The van der Waals surface area contributed by atoms with Crippen molar-refractivity contribution in [2.45, 2.75) is 20.4 Å². The van der Waals surface area contributed by atoms with Crippen LogP contribution in [0.5, 0.6) is 0 Å². The predicted octanol–water partition coefficient (Wildman–Crippen LogP) is 3.60. The number of hydrogen-bond donors (Lipinski definition) is 0. The van der Waals surface area contributed by atoms with E-state index in [2.05, 4.69) is 12.1 Å². The molecular weight excluding hydrogens is 396 g/mol. The monoisotopic (exact) mass is 422 g/mol. The summed E-state index contributed by atoms with van der Waals surface area (Å²) < 4.78 is 1.84. The van der Waals surface area contributed by atoms with E-state index < -0.39 is 0 Å². The van der Waals surface area contributed by atoms with Crippen LogP contribution in [0.1, 0.15) is 29.8 Å². The standard InChI is InChI=1S/C23H26N4O2S/c1-17(2)22(28)25-10-12-26(13-11-25)23(29)19-16-27(15-18-7-4-3-5-8-18)24-21(19)20-9-6-14-30-20/h3-9,14,16-17H,10-13,15H2,1-2H3. The summed E-state index contributed by atoms with van der Waals surface area (Å²) in [6, 6.07) is 14.1. The summed E-state index contributed by atoms with van der Waals surface area (Å²) in [5, 5.41) is 6.74. The lowest BCUT2D eigenvalue weighted by molar-refractivity contribution is -0.135. The Kier molecular flexibility index (Phi) is 5.99. The van der Waals surface area contributed by atoms with Crippen molar-refractivity contribution in [3.05, 3.63) is 65.2 Å². The minimum Gasteiger partial charge on any atom is -0.339 e. The highest BCUT2D eigenvalue weighted by molar-refractivity contribution is 7.13. The first-order valence-corrected chi connectivity index (χ1v) is 11.1. The Balaban J connectivity index is 1.55. The molecule has 0 unspecified atom stereocenters. The summed E-state index contributed by atoms with van der Waals surface area (Å²) in [6.45, 7) is 6.69. The lowest BCUT2D eigenvalue weighted by Gasteiger charge is -2.35. The molecule has 6 nitrogen and oxygen atoms in total. The van der Waals surface area contributed by atoms with Gasteiger partial charge in [0.15, 0.2) is 0 Å². The summed E-state index contributed by atoms with van der Waals surface area (Å²) in [6.07, 6.45) is 1.86. The van der Waals surface area contributed by atoms with Crippen molar-refractivity contribution in [1.29, 1.82) is 0 Å². The maximum absolute atomic E-state index is 13.4. The molecule has 0 N–H and O–H groups in total. The third-order valence-electron chi connectivity index (χ3n) is 5.31. The fraction of sp³-hybridized carbons (Fsp3) is 0.348. The van der Waals surface area contributed by atoms with Gasteiger partial charge in [-0.25, -0.2) is 0 Å². The van der Waals surface area contributed by atoms with Crippen LogP contribution < -0.4 is 0 Å². The number of benzene rings is 1. The van der Waals surface area contributed by atoms with Crippen molar-refractivity contribution >= 4 is 23.2 Å². The highest BCUT2D eigenvalue weighted by Gasteiger charge is 2.28. The van der Waals surface area contributed by atoms with Gasteiger partial charge in [0.1, 0.15) is 5.69 Å². The SMILES string of the molecule is CC(C)C(=O)N1CCN(C(=O)c2cn(Cc3ccccc3)nc2-c2cccs2)CC1. The minimum absolute atomic E-state index is 0.0191. The van der Waals surface area contributed by atoms with Crippen LogP contribution in [0.25, 0.3) is 10.6 Å². The number of aromatic nitrogens is 2. The molecule has 0 aliphatic carbocycles. The van der Waals surface area contributed by atoms with Gasteiger partial charge in [0.05, 0.1) is 17.0 Å². The lowest BCUT2D eigenvalue weighted by atomic mass is 10.1. The molecule has 7 heteroatoms. The van der Waals surface area contributed by atoms with Gasteiger partial charge in [0.2, 0.25) is 5.91 Å². The summed E-state index contributed by atoms with van der Waals surface area (Å²) in [5.41, 5.74) is 2.49. The number of carbonyl (C=O) groups is 2. The molecule has 1 fully saturated rings. The Morgan fingerprint density at radius 1 is 1.00 bits per heavy atom. The zero-order valence-corrected chi connectivity index (χ0v) is 18.1. The van der Waals surface area contributed by atoms with Crippen LogP contribution in [0, 0.1) is 5.92 Å². The van der Waals surface area contributed by atoms with E-state index in [0.29, 0.717) is 38.3 Å². The van der Waals surface area contributed by atoms with E-state index in [9.17, 15) is 9.59 Å². The zero-order valence-electron chi connectivity index (χ0n) is 17.3. The van der Waals surface area contributed by atoms with Gasteiger partial charge in [0, 0.05) is 38.3 Å². The summed E-state index contributed by atoms with van der Waals surface area (Å²) in [5.74, 6) is 0.111. The van der Waals surface area contributed by atoms with E-state index >= 15 is 0 Å². The Hall–Kier alpha value is -2.93. The Labute approximate surface area is 180 Å². The number of amides is 2. The van der Waals surface area contributed by atoms with Crippen LogP contribution in [-0.2, 0) is 11.3 Å². The van der Waals surface area contributed by atoms with Crippen molar-refractivity contribution in [3.8, 4) is 10.6 Å². The van der Waals surface area contributed by atoms with Crippen LogP contribution in [0.15, 0.2) is 54.0 Å². The third-order valence-corrected chi connectivity index (χ3v) is 6.18. The molecule has 1 aliphatic heterocycles. The molecule has 0 atom stereocenters. The number of rotatable bonds is 5. The average molecular weight is 423 g/mol. The molecule has 30 heavy (non-hydrogen) atoms. The molecule has 1 aromatic carbocycles. The minimum atomic E-state index is -0.0195. The maximum Gasteiger partial charge on any atom is 0.257 e. The van der Waals surface area contributed by atoms with E-state index in [1.54, 1.807) is 11.3 Å². The van der Waals surface area contributed by atoms with E-state index in [0.717, 1.165) is 16.1 Å². The van der Waals surface area contributed by atoms with E-state index in [1.165, 1.54) is 0 Å². The zero-order chi connectivity index (χ0) is 21.1. The smallest absolute Gasteiger partial charge is 0.257 e. The molecule has 0 bridgehead atoms. The maximum atomic E-state index is 13.4. The predicted molar refractivity (Wildman–Crippen MR) is 118 cm³/mol. The Morgan fingerprint density at radius 3 is 2.33 bits per heavy atom. The molecule has 0 saturated carbocycles. The normalized spacial score (nSPS) is 14.4. The summed E-state index contributed by atoms with van der Waals surface area (Å²) in [7, 11) is 0. The van der Waals surface area contributed by atoms with E-state index in [1.807, 2.05) is 70.2 Å². The molecular formula is C23H26N4O2S. The number of thiophene rings is 1. The molecule has 1 saturated heterocycles. The second kappa shape index (κ2) is 8.83. The summed E-state index contributed by atoms with van der Waals surface area (Å²) in [4.78, 5) is 30.3. The molecule has 2 amide bonds. The average Bonchev–Trinajstić information content (AvgIpc) is 3.43. The van der Waals surface area contributed by atoms with Crippen LogP contribution in [0.2, 0.25) is 0 Å². The third kappa shape index (κ3) is 4.31. The van der Waals surface area contributed by atoms with Crippen LogP contribution in [0.3, 0.4) is 0 Å². The first kappa shape index (κ1) is 20.3. The van der Waals surface area contributed by atoms with Crippen LogP contribution in [0.4, 0.5) is 0 Å². The number of piperazine rings is 1. The fourth-order valence-electron chi connectivity index (χ4n) is 3.69. The molecule has 1 aliphatic rings. The molecule has 4 rings (SSSR count). The van der Waals surface area contributed by atoms with Gasteiger partial charge in [-0.1, -0.05) is 50.2 Å². The van der Waals surface area contributed by atoms with Gasteiger partial charge in [-0.2, -0.15) is 5.10 Å². The highest BCUT2D eigenvalue weighted by atomic mass is 32.1. The van der Waals surface area contributed by atoms with Gasteiger partial charge in [-0.3, -0.25) is 14.3 Å². The Bertz CT molecular complexity index is 1000. The topological polar surface area (TPSA) is 58.4 Å². The first-order valence-electron chi connectivity index (χ1n) is 10.3. The molecule has 3 heterocycles. The van der Waals surface area contributed by atoms with Crippen molar-refractivity contribution < 1.29 is 9.59 Å². The molecule has 0 radical (unpaired) electrons. The second-order valence-electron chi connectivity index (χ2n) is 7.82. The van der Waals surface area contributed by atoms with Crippen LogP contribution >= 0.6 is 11.3 Å². The number of carbonyl (C=O) groups excluding carboxylic acids is 2. The quantitative estimate of drug-likeness (QED) is 0.631. The number of hydrogen-bond acceptors (Lipinski definition) is 4. The van der Waals surface area contributed by atoms with Crippen molar-refractivity contribution in [2.24, 2.45) is 5.92 Å². The molecule has 0 spiro atoms. The molecule has 3 aromatic rings. The summed E-state index contributed by atoms with van der Waals surface area (Å²) >= 11 is 1.58. The molecule has 156 valence electrons. The Morgan fingerprint density at radius 2 is 1.70 bits per heavy atom. The van der Waals surface area contributed by atoms with Gasteiger partial charge >= 0.3 is 0 Å². The fourth-order valence-corrected chi connectivity index (χ4v) is 4.41.